The third-order valence-electron chi connectivity index (χ3n) is 5.89. The Morgan fingerprint density at radius 3 is 2.43 bits per heavy atom. The van der Waals surface area contributed by atoms with Gasteiger partial charge < -0.3 is 14.6 Å². The summed E-state index contributed by atoms with van der Waals surface area (Å²) in [4.78, 5) is 44.7. The standard InChI is InChI=1S/C27H25BrN2O6S/c1-4-5-14-36-19-12-8-17(9-13-19)22(31)20-21(16-6-10-18(28)11-7-16)30(25(33)23(20)32)27-29-15(2)24(37-27)26(34)35-3/h6-13,21,31H,4-5,14H2,1-3H3/b22-20+. The summed E-state index contributed by atoms with van der Waals surface area (Å²) in [6.07, 6.45) is 1.93. The van der Waals surface area contributed by atoms with Crippen molar-refractivity contribution in [1.82, 2.24) is 4.98 Å². The van der Waals surface area contributed by atoms with E-state index in [2.05, 4.69) is 27.8 Å². The Morgan fingerprint density at radius 1 is 1.14 bits per heavy atom. The van der Waals surface area contributed by atoms with Crippen LogP contribution in [0.3, 0.4) is 0 Å². The molecule has 1 aromatic heterocycles. The number of ketones is 1. The van der Waals surface area contributed by atoms with Crippen LogP contribution >= 0.6 is 27.3 Å². The maximum atomic E-state index is 13.3. The smallest absolute Gasteiger partial charge is 0.350 e. The summed E-state index contributed by atoms with van der Waals surface area (Å²) in [7, 11) is 1.26. The fraction of sp³-hybridized carbons (Fsp3) is 0.259. The number of rotatable bonds is 8. The molecule has 1 amide bonds. The molecular weight excluding hydrogens is 560 g/mol. The van der Waals surface area contributed by atoms with Gasteiger partial charge in [0.05, 0.1) is 31.0 Å². The number of thiazole rings is 1. The average molecular weight is 585 g/mol. The third-order valence-corrected chi connectivity index (χ3v) is 7.55. The van der Waals surface area contributed by atoms with Crippen molar-refractivity contribution in [3.05, 3.63) is 80.3 Å². The molecule has 1 aliphatic heterocycles. The molecule has 8 nitrogen and oxygen atoms in total. The maximum Gasteiger partial charge on any atom is 0.350 e. The summed E-state index contributed by atoms with van der Waals surface area (Å²) in [5, 5.41) is 11.4. The molecule has 10 heteroatoms. The highest BCUT2D eigenvalue weighted by molar-refractivity contribution is 9.10. The lowest BCUT2D eigenvalue weighted by Crippen LogP contribution is -2.29. The Hall–Kier alpha value is -3.50. The van der Waals surface area contributed by atoms with E-state index >= 15 is 0 Å². The van der Waals surface area contributed by atoms with Crippen LogP contribution in [0.25, 0.3) is 5.76 Å². The summed E-state index contributed by atoms with van der Waals surface area (Å²) in [5.74, 6) is -1.95. The lowest BCUT2D eigenvalue weighted by molar-refractivity contribution is -0.132. The molecule has 37 heavy (non-hydrogen) atoms. The van der Waals surface area contributed by atoms with Crippen molar-refractivity contribution in [2.75, 3.05) is 18.6 Å². The molecule has 1 saturated heterocycles. The van der Waals surface area contributed by atoms with Crippen LogP contribution in [0.2, 0.25) is 0 Å². The Labute approximate surface area is 226 Å². The first kappa shape index (κ1) is 26.6. The van der Waals surface area contributed by atoms with E-state index in [-0.39, 0.29) is 21.3 Å². The number of benzene rings is 2. The first-order chi connectivity index (χ1) is 17.8. The number of aromatic nitrogens is 1. The van der Waals surface area contributed by atoms with Crippen LogP contribution in [0.15, 0.2) is 58.6 Å². The summed E-state index contributed by atoms with van der Waals surface area (Å²) in [6.45, 7) is 4.28. The molecular formula is C27H25BrN2O6S. The van der Waals surface area contributed by atoms with Gasteiger partial charge in [0.25, 0.3) is 5.78 Å². The number of nitrogens with zero attached hydrogens (tertiary/aromatic N) is 2. The SMILES string of the molecule is CCCCOc1ccc(/C(O)=C2\C(=O)C(=O)N(c3nc(C)c(C(=O)OC)s3)C2c2ccc(Br)cc2)cc1. The van der Waals surface area contributed by atoms with Gasteiger partial charge in [-0.15, -0.1) is 0 Å². The molecule has 192 valence electrons. The number of carbonyl (C=O) groups excluding carboxylic acids is 3. The first-order valence-corrected chi connectivity index (χ1v) is 13.2. The van der Waals surface area contributed by atoms with Crippen LogP contribution < -0.4 is 9.64 Å². The van der Waals surface area contributed by atoms with E-state index < -0.39 is 23.7 Å². The Bertz CT molecular complexity index is 1360. The molecule has 0 aliphatic carbocycles. The number of aryl methyl sites for hydroxylation is 1. The monoisotopic (exact) mass is 584 g/mol. The minimum atomic E-state index is -0.954. The Morgan fingerprint density at radius 2 is 1.81 bits per heavy atom. The normalized spacial score (nSPS) is 16.8. The van der Waals surface area contributed by atoms with Gasteiger partial charge in [0.1, 0.15) is 16.4 Å². The predicted molar refractivity (Wildman–Crippen MR) is 144 cm³/mol. The summed E-state index contributed by atoms with van der Waals surface area (Å²) >= 11 is 4.36. The van der Waals surface area contributed by atoms with Crippen LogP contribution in [-0.4, -0.2) is 41.5 Å². The molecule has 0 bridgehead atoms. The van der Waals surface area contributed by atoms with E-state index in [0.29, 0.717) is 29.2 Å². The van der Waals surface area contributed by atoms with Crippen LogP contribution in [0.4, 0.5) is 5.13 Å². The van der Waals surface area contributed by atoms with Crippen molar-refractivity contribution in [3.8, 4) is 5.75 Å². The van der Waals surface area contributed by atoms with Gasteiger partial charge in [0, 0.05) is 10.0 Å². The maximum absolute atomic E-state index is 13.3. The van der Waals surface area contributed by atoms with Gasteiger partial charge in [-0.2, -0.15) is 0 Å². The number of anilines is 1. The van der Waals surface area contributed by atoms with Crippen LogP contribution in [-0.2, 0) is 14.3 Å². The van der Waals surface area contributed by atoms with Gasteiger partial charge in [-0.3, -0.25) is 14.5 Å². The lowest BCUT2D eigenvalue weighted by atomic mass is 9.95. The lowest BCUT2D eigenvalue weighted by Gasteiger charge is -2.23. The highest BCUT2D eigenvalue weighted by atomic mass is 79.9. The second-order valence-corrected chi connectivity index (χ2v) is 10.2. The number of hydrogen-bond donors (Lipinski definition) is 1. The Kier molecular flexibility index (Phi) is 8.09. The first-order valence-electron chi connectivity index (χ1n) is 11.6. The molecule has 1 fully saturated rings. The molecule has 0 spiro atoms. The van der Waals surface area contributed by atoms with Gasteiger partial charge in [0.2, 0.25) is 0 Å². The largest absolute Gasteiger partial charge is 0.507 e. The average Bonchev–Trinajstić information content (AvgIpc) is 3.40. The number of carbonyl (C=O) groups is 3. The van der Waals surface area contributed by atoms with E-state index in [1.165, 1.54) is 12.0 Å². The number of esters is 1. The van der Waals surface area contributed by atoms with Gasteiger partial charge >= 0.3 is 11.9 Å². The summed E-state index contributed by atoms with van der Waals surface area (Å²) < 4.78 is 11.3. The zero-order valence-corrected chi connectivity index (χ0v) is 22.9. The van der Waals surface area contributed by atoms with Crippen LogP contribution in [0.1, 0.15) is 52.3 Å². The number of aliphatic hydroxyl groups is 1. The van der Waals surface area contributed by atoms with E-state index in [4.69, 9.17) is 9.47 Å². The third kappa shape index (κ3) is 5.30. The van der Waals surface area contributed by atoms with E-state index in [1.807, 2.05) is 0 Å². The fourth-order valence-corrected chi connectivity index (χ4v) is 5.23. The number of hydrogen-bond acceptors (Lipinski definition) is 8. The van der Waals surface area contributed by atoms with E-state index in [1.54, 1.807) is 55.5 Å². The van der Waals surface area contributed by atoms with E-state index in [9.17, 15) is 19.5 Å². The van der Waals surface area contributed by atoms with Gasteiger partial charge in [-0.25, -0.2) is 9.78 Å². The second-order valence-electron chi connectivity index (χ2n) is 8.35. The van der Waals surface area contributed by atoms with Crippen LogP contribution in [0.5, 0.6) is 5.75 Å². The molecule has 1 N–H and O–H groups in total. The van der Waals surface area contributed by atoms with Crippen molar-refractivity contribution < 1.29 is 29.0 Å². The molecule has 1 atom stereocenters. The number of aliphatic hydroxyl groups excluding tert-OH is 1. The summed E-state index contributed by atoms with van der Waals surface area (Å²) in [5.41, 5.74) is 1.27. The Balaban J connectivity index is 1.81. The van der Waals surface area contributed by atoms with Gasteiger partial charge in [0.15, 0.2) is 5.13 Å². The molecule has 0 saturated carbocycles. The van der Waals surface area contributed by atoms with Crippen molar-refractivity contribution in [1.29, 1.82) is 0 Å². The quantitative estimate of drug-likeness (QED) is 0.117. The van der Waals surface area contributed by atoms with Crippen LogP contribution in [0, 0.1) is 6.92 Å². The minimum Gasteiger partial charge on any atom is -0.507 e. The number of Topliss-reactive ketones (excluding diaryl/α,β-unsaturated/α-hetero) is 1. The van der Waals surface area contributed by atoms with Crippen molar-refractivity contribution in [3.63, 3.8) is 0 Å². The highest BCUT2D eigenvalue weighted by Gasteiger charge is 2.48. The van der Waals surface area contributed by atoms with Gasteiger partial charge in [-0.05, 0) is 55.3 Å². The predicted octanol–water partition coefficient (Wildman–Crippen LogP) is 5.81. The van der Waals surface area contributed by atoms with E-state index in [0.717, 1.165) is 28.7 Å². The highest BCUT2D eigenvalue weighted by Crippen LogP contribution is 2.44. The zero-order valence-electron chi connectivity index (χ0n) is 20.5. The molecule has 0 radical (unpaired) electrons. The number of halogens is 1. The van der Waals surface area contributed by atoms with Crippen molar-refractivity contribution in [2.24, 2.45) is 0 Å². The topological polar surface area (TPSA) is 106 Å². The molecule has 2 aromatic carbocycles. The molecule has 3 aromatic rings. The number of unbranched alkanes of at least 4 members (excludes halogenated alkanes) is 1. The molecule has 1 unspecified atom stereocenters. The molecule has 4 rings (SSSR count). The molecule has 2 heterocycles. The number of amides is 1. The number of ether oxygens (including phenoxy) is 2. The minimum absolute atomic E-state index is 0.0700. The summed E-state index contributed by atoms with van der Waals surface area (Å²) in [6, 6.07) is 12.8. The van der Waals surface area contributed by atoms with Gasteiger partial charge in [-0.1, -0.05) is 52.7 Å². The number of methoxy groups -OCH3 is 1. The zero-order chi connectivity index (χ0) is 26.7. The second kappa shape index (κ2) is 11.3. The molecule has 1 aliphatic rings. The van der Waals surface area contributed by atoms with Crippen molar-refractivity contribution >= 4 is 55.8 Å². The van der Waals surface area contributed by atoms with Crippen molar-refractivity contribution in [2.45, 2.75) is 32.7 Å². The fourth-order valence-electron chi connectivity index (χ4n) is 3.96.